The second kappa shape index (κ2) is 10.2. The molecule has 2 heterocycles. The van der Waals surface area contributed by atoms with Gasteiger partial charge in [0.1, 0.15) is 5.71 Å². The first-order chi connectivity index (χ1) is 17.2. The van der Waals surface area contributed by atoms with Crippen molar-refractivity contribution < 1.29 is 18.3 Å². The molecule has 0 saturated carbocycles. The fourth-order valence-electron chi connectivity index (χ4n) is 3.70. The van der Waals surface area contributed by atoms with Gasteiger partial charge in [-0.25, -0.2) is 18.4 Å². The molecule has 11 nitrogen and oxygen atoms in total. The van der Waals surface area contributed by atoms with Crippen molar-refractivity contribution in [2.24, 2.45) is 21.9 Å². The van der Waals surface area contributed by atoms with Crippen LogP contribution in [0.25, 0.3) is 11.3 Å². The standard InChI is InChI=1S/C24H25N7O4S/c1-15-4-2-6-17(8-15)20-10-21(29-24(25)28-20)22(30-26)12-27-11-16-5-3-7-19(9-16)36(34,35)31-13-18(14-31)23(32)33/h2-10,12,18H,11,13-14,26H2,1H3,(H,32,33)(H2,25,28,29). The number of aromatic nitrogens is 2. The van der Waals surface area contributed by atoms with Gasteiger partial charge in [-0.05, 0) is 36.8 Å². The lowest BCUT2D eigenvalue weighted by Gasteiger charge is -2.35. The van der Waals surface area contributed by atoms with Crippen molar-refractivity contribution in [1.29, 1.82) is 0 Å². The summed E-state index contributed by atoms with van der Waals surface area (Å²) in [7, 11) is -3.78. The van der Waals surface area contributed by atoms with Gasteiger partial charge in [0.15, 0.2) is 0 Å². The number of carbonyl (C=O) groups is 1. The van der Waals surface area contributed by atoms with Crippen molar-refractivity contribution >= 4 is 33.9 Å². The number of aliphatic imine (C=N–C) groups is 1. The summed E-state index contributed by atoms with van der Waals surface area (Å²) in [4.78, 5) is 23.9. The predicted molar refractivity (Wildman–Crippen MR) is 136 cm³/mol. The van der Waals surface area contributed by atoms with Crippen molar-refractivity contribution in [2.75, 3.05) is 18.8 Å². The van der Waals surface area contributed by atoms with Gasteiger partial charge in [-0.1, -0.05) is 35.9 Å². The molecule has 0 spiro atoms. The monoisotopic (exact) mass is 507 g/mol. The molecule has 4 rings (SSSR count). The molecule has 0 radical (unpaired) electrons. The highest BCUT2D eigenvalue weighted by Crippen LogP contribution is 2.26. The van der Waals surface area contributed by atoms with Gasteiger partial charge in [-0.2, -0.15) is 9.41 Å². The van der Waals surface area contributed by atoms with Crippen LogP contribution in [0.1, 0.15) is 16.8 Å². The molecule has 0 aliphatic carbocycles. The number of nitrogens with two attached hydrogens (primary N) is 2. The number of nitrogen functional groups attached to an aromatic ring is 1. The SMILES string of the molecule is Cc1cccc(-c2cc(C(C=NCc3cccc(S(=O)(=O)N4CC(C(=O)O)C4)c3)=NN)nc(N)n2)c1. The van der Waals surface area contributed by atoms with Gasteiger partial charge in [0.2, 0.25) is 16.0 Å². The molecule has 1 fully saturated rings. The molecule has 0 amide bonds. The lowest BCUT2D eigenvalue weighted by molar-refractivity contribution is -0.145. The van der Waals surface area contributed by atoms with Crippen LogP contribution in [0.3, 0.4) is 0 Å². The molecule has 0 unspecified atom stereocenters. The summed E-state index contributed by atoms with van der Waals surface area (Å²) in [6, 6.07) is 15.8. The van der Waals surface area contributed by atoms with Gasteiger partial charge in [0, 0.05) is 18.7 Å². The molecule has 36 heavy (non-hydrogen) atoms. The maximum absolute atomic E-state index is 12.8. The minimum Gasteiger partial charge on any atom is -0.481 e. The highest BCUT2D eigenvalue weighted by molar-refractivity contribution is 7.89. The Kier molecular flexibility index (Phi) is 7.08. The quantitative estimate of drug-likeness (QED) is 0.234. The molecule has 5 N–H and O–H groups in total. The van der Waals surface area contributed by atoms with Gasteiger partial charge in [-0.15, -0.1) is 0 Å². The van der Waals surface area contributed by atoms with Crippen LogP contribution >= 0.6 is 0 Å². The number of nitrogens with zero attached hydrogens (tertiary/aromatic N) is 5. The molecule has 1 aromatic heterocycles. The molecule has 2 aromatic carbocycles. The Bertz CT molecular complexity index is 1460. The molecule has 0 bridgehead atoms. The highest BCUT2D eigenvalue weighted by Gasteiger charge is 2.40. The van der Waals surface area contributed by atoms with Crippen molar-refractivity contribution in [2.45, 2.75) is 18.4 Å². The number of hydrazone groups is 1. The van der Waals surface area contributed by atoms with E-state index in [-0.39, 0.29) is 36.2 Å². The van der Waals surface area contributed by atoms with Crippen molar-refractivity contribution in [1.82, 2.24) is 14.3 Å². The summed E-state index contributed by atoms with van der Waals surface area (Å²) >= 11 is 0. The molecule has 1 saturated heterocycles. The first-order valence-electron chi connectivity index (χ1n) is 11.0. The zero-order chi connectivity index (χ0) is 25.9. The second-order valence-corrected chi connectivity index (χ2v) is 10.3. The Morgan fingerprint density at radius 1 is 1.17 bits per heavy atom. The number of aliphatic carboxylic acids is 1. The van der Waals surface area contributed by atoms with Crippen LogP contribution in [0, 0.1) is 12.8 Å². The van der Waals surface area contributed by atoms with E-state index in [1.165, 1.54) is 18.3 Å². The van der Waals surface area contributed by atoms with E-state index in [4.69, 9.17) is 16.7 Å². The predicted octanol–water partition coefficient (Wildman–Crippen LogP) is 1.67. The Hall–Kier alpha value is -4.16. The van der Waals surface area contributed by atoms with E-state index in [0.29, 0.717) is 17.0 Å². The number of anilines is 1. The minimum absolute atomic E-state index is 0.0387. The van der Waals surface area contributed by atoms with E-state index in [2.05, 4.69) is 20.1 Å². The van der Waals surface area contributed by atoms with Crippen molar-refractivity contribution in [3.8, 4) is 11.3 Å². The summed E-state index contributed by atoms with van der Waals surface area (Å²) in [5.41, 5.74) is 9.78. The highest BCUT2D eigenvalue weighted by atomic mass is 32.2. The Balaban J connectivity index is 1.50. The lowest BCUT2D eigenvalue weighted by atomic mass is 10.0. The van der Waals surface area contributed by atoms with E-state index >= 15 is 0 Å². The first kappa shape index (κ1) is 24.9. The van der Waals surface area contributed by atoms with E-state index in [1.54, 1.807) is 18.2 Å². The van der Waals surface area contributed by atoms with Gasteiger partial charge in [0.25, 0.3) is 0 Å². The van der Waals surface area contributed by atoms with Gasteiger partial charge < -0.3 is 16.7 Å². The number of sulfonamides is 1. The van der Waals surface area contributed by atoms with Crippen LogP contribution in [-0.2, 0) is 21.4 Å². The third-order valence-corrected chi connectivity index (χ3v) is 7.51. The molecule has 0 atom stereocenters. The van der Waals surface area contributed by atoms with Crippen molar-refractivity contribution in [3.05, 3.63) is 71.4 Å². The van der Waals surface area contributed by atoms with Crippen LogP contribution in [0.15, 0.2) is 69.6 Å². The summed E-state index contributed by atoms with van der Waals surface area (Å²) in [5, 5.41) is 12.8. The van der Waals surface area contributed by atoms with E-state index in [0.717, 1.165) is 15.4 Å². The summed E-state index contributed by atoms with van der Waals surface area (Å²) < 4.78 is 26.7. The van der Waals surface area contributed by atoms with Gasteiger partial charge in [-0.3, -0.25) is 9.79 Å². The maximum Gasteiger partial charge on any atom is 0.309 e. The molecule has 1 aliphatic heterocycles. The van der Waals surface area contributed by atoms with Crippen LogP contribution < -0.4 is 11.6 Å². The number of rotatable bonds is 8. The molecule has 12 heteroatoms. The van der Waals surface area contributed by atoms with Crippen LogP contribution in [0.4, 0.5) is 5.95 Å². The Labute approximate surface area is 208 Å². The number of carboxylic acids is 1. The first-order valence-corrected chi connectivity index (χ1v) is 12.4. The van der Waals surface area contributed by atoms with Gasteiger partial charge in [0.05, 0.1) is 35.0 Å². The maximum atomic E-state index is 12.8. The summed E-state index contributed by atoms with van der Waals surface area (Å²) in [6.45, 7) is 2.06. The van der Waals surface area contributed by atoms with Crippen LogP contribution in [-0.4, -0.2) is 58.8 Å². The fraction of sp³-hybridized carbons (Fsp3) is 0.208. The molecule has 1 aliphatic rings. The van der Waals surface area contributed by atoms with Crippen molar-refractivity contribution in [3.63, 3.8) is 0 Å². The third kappa shape index (κ3) is 5.39. The average Bonchev–Trinajstić information content (AvgIpc) is 2.80. The zero-order valence-electron chi connectivity index (χ0n) is 19.4. The number of hydrogen-bond donors (Lipinski definition) is 3. The Morgan fingerprint density at radius 2 is 1.92 bits per heavy atom. The number of carboxylic acid groups (broad SMARTS) is 1. The molecule has 3 aromatic rings. The van der Waals surface area contributed by atoms with Crippen LogP contribution in [0.5, 0.6) is 0 Å². The molecular formula is C24H25N7O4S. The molecular weight excluding hydrogens is 482 g/mol. The Morgan fingerprint density at radius 3 is 2.61 bits per heavy atom. The van der Waals surface area contributed by atoms with E-state index in [1.807, 2.05) is 31.2 Å². The second-order valence-electron chi connectivity index (χ2n) is 8.35. The number of benzene rings is 2. The van der Waals surface area contributed by atoms with E-state index in [9.17, 15) is 13.2 Å². The van der Waals surface area contributed by atoms with Gasteiger partial charge >= 0.3 is 5.97 Å². The number of hydrogen-bond acceptors (Lipinski definition) is 9. The zero-order valence-corrected chi connectivity index (χ0v) is 20.3. The van der Waals surface area contributed by atoms with Crippen LogP contribution in [0.2, 0.25) is 0 Å². The smallest absolute Gasteiger partial charge is 0.309 e. The summed E-state index contributed by atoms with van der Waals surface area (Å²) in [5.74, 6) is 3.97. The van der Waals surface area contributed by atoms with E-state index < -0.39 is 21.9 Å². The summed E-state index contributed by atoms with van der Waals surface area (Å²) in [6.07, 6.45) is 1.44. The number of aryl methyl sites for hydroxylation is 1. The third-order valence-electron chi connectivity index (χ3n) is 5.68. The average molecular weight is 508 g/mol. The fourth-order valence-corrected chi connectivity index (χ4v) is 5.30. The normalized spacial score (nSPS) is 15.2. The molecule has 186 valence electrons. The topological polar surface area (TPSA) is 177 Å². The lowest BCUT2D eigenvalue weighted by Crippen LogP contribution is -2.52. The minimum atomic E-state index is -3.78. The largest absolute Gasteiger partial charge is 0.481 e.